The Morgan fingerprint density at radius 3 is 2.65 bits per heavy atom. The van der Waals surface area contributed by atoms with Gasteiger partial charge in [0, 0.05) is 9.13 Å². The summed E-state index contributed by atoms with van der Waals surface area (Å²) in [5.41, 5.74) is 2.46. The van der Waals surface area contributed by atoms with Gasteiger partial charge in [-0.05, 0) is 59.3 Å². The number of hydrogen-bond donors (Lipinski definition) is 1. The quantitative estimate of drug-likeness (QED) is 0.750. The Hall–Kier alpha value is -1.07. The molecular weight excluding hydrogens is 361 g/mol. The first kappa shape index (κ1) is 15.3. The van der Waals surface area contributed by atoms with E-state index in [0.29, 0.717) is 0 Å². The maximum absolute atomic E-state index is 5.52. The molecule has 0 saturated heterocycles. The zero-order valence-corrected chi connectivity index (χ0v) is 14.1. The lowest BCUT2D eigenvalue weighted by Gasteiger charge is -2.22. The topological polar surface area (TPSA) is 21.3 Å². The molecule has 0 aliphatic heterocycles. The molecule has 0 bridgehead atoms. The van der Waals surface area contributed by atoms with Crippen molar-refractivity contribution in [1.82, 2.24) is 5.32 Å². The van der Waals surface area contributed by atoms with Gasteiger partial charge in [0.15, 0.2) is 0 Å². The second-order valence-electron chi connectivity index (χ2n) is 4.68. The molecule has 0 spiro atoms. The molecule has 0 heterocycles. The molecular formula is C17H20INO. The van der Waals surface area contributed by atoms with Crippen LogP contribution >= 0.6 is 22.6 Å². The molecule has 0 amide bonds. The molecule has 2 aromatic carbocycles. The van der Waals surface area contributed by atoms with Crippen LogP contribution in [-0.4, -0.2) is 13.7 Å². The first-order chi connectivity index (χ1) is 9.76. The second-order valence-corrected chi connectivity index (χ2v) is 5.93. The first-order valence-corrected chi connectivity index (χ1v) is 7.96. The molecule has 0 saturated carbocycles. The molecule has 1 unspecified atom stereocenters. The van der Waals surface area contributed by atoms with Crippen LogP contribution in [0.15, 0.2) is 48.5 Å². The van der Waals surface area contributed by atoms with Crippen molar-refractivity contribution in [2.45, 2.75) is 19.4 Å². The summed E-state index contributed by atoms with van der Waals surface area (Å²) in [4.78, 5) is 0. The van der Waals surface area contributed by atoms with Gasteiger partial charge < -0.3 is 10.1 Å². The first-order valence-electron chi connectivity index (χ1n) is 6.88. The van der Waals surface area contributed by atoms with Gasteiger partial charge in [0.25, 0.3) is 0 Å². The normalized spacial score (nSPS) is 12.2. The lowest BCUT2D eigenvalue weighted by atomic mass is 9.97. The van der Waals surface area contributed by atoms with Crippen LogP contribution in [0.5, 0.6) is 5.75 Å². The number of methoxy groups -OCH3 is 1. The Labute approximate surface area is 134 Å². The molecule has 2 nitrogen and oxygen atoms in total. The van der Waals surface area contributed by atoms with Crippen LogP contribution in [0.25, 0.3) is 0 Å². The fraction of sp³-hybridized carbons (Fsp3) is 0.294. The fourth-order valence-electron chi connectivity index (χ4n) is 2.29. The summed E-state index contributed by atoms with van der Waals surface area (Å²) in [7, 11) is 1.73. The zero-order valence-electron chi connectivity index (χ0n) is 11.9. The van der Waals surface area contributed by atoms with Gasteiger partial charge in [0.05, 0.1) is 13.2 Å². The lowest BCUT2D eigenvalue weighted by molar-refractivity contribution is 0.404. The van der Waals surface area contributed by atoms with Crippen LogP contribution in [0.2, 0.25) is 0 Å². The minimum absolute atomic E-state index is 0.167. The predicted octanol–water partition coefficient (Wildman–Crippen LogP) is 4.39. The van der Waals surface area contributed by atoms with Gasteiger partial charge in [-0.25, -0.2) is 0 Å². The van der Waals surface area contributed by atoms with Crippen LogP contribution < -0.4 is 10.1 Å². The van der Waals surface area contributed by atoms with Crippen molar-refractivity contribution in [3.05, 3.63) is 63.2 Å². The number of benzene rings is 2. The zero-order chi connectivity index (χ0) is 14.4. The highest BCUT2D eigenvalue weighted by molar-refractivity contribution is 14.1. The highest BCUT2D eigenvalue weighted by Gasteiger charge is 2.17. The Morgan fingerprint density at radius 2 is 1.95 bits per heavy atom. The van der Waals surface area contributed by atoms with E-state index in [9.17, 15) is 0 Å². The Balaban J connectivity index is 2.41. The Bertz CT molecular complexity index is 556. The third-order valence-electron chi connectivity index (χ3n) is 3.23. The minimum Gasteiger partial charge on any atom is -0.496 e. The molecule has 106 valence electrons. The van der Waals surface area contributed by atoms with Crippen molar-refractivity contribution in [2.24, 2.45) is 0 Å². The largest absolute Gasteiger partial charge is 0.496 e. The maximum Gasteiger partial charge on any atom is 0.123 e. The molecule has 2 rings (SSSR count). The molecule has 0 aliphatic carbocycles. The van der Waals surface area contributed by atoms with E-state index in [0.717, 1.165) is 18.7 Å². The SMILES string of the molecule is CCCNC(c1cccc(I)c1)c1ccccc1OC. The molecule has 3 heteroatoms. The van der Waals surface area contributed by atoms with Crippen molar-refractivity contribution in [3.8, 4) is 5.75 Å². The van der Waals surface area contributed by atoms with E-state index < -0.39 is 0 Å². The number of halogens is 1. The van der Waals surface area contributed by atoms with Crippen molar-refractivity contribution >= 4 is 22.6 Å². The van der Waals surface area contributed by atoms with Crippen molar-refractivity contribution in [2.75, 3.05) is 13.7 Å². The summed E-state index contributed by atoms with van der Waals surface area (Å²) < 4.78 is 6.76. The van der Waals surface area contributed by atoms with Gasteiger partial charge in [0.2, 0.25) is 0 Å². The minimum atomic E-state index is 0.167. The van der Waals surface area contributed by atoms with Crippen LogP contribution in [0.4, 0.5) is 0 Å². The van der Waals surface area contributed by atoms with Gasteiger partial charge in [-0.2, -0.15) is 0 Å². The van der Waals surface area contributed by atoms with E-state index in [-0.39, 0.29) is 6.04 Å². The molecule has 1 atom stereocenters. The van der Waals surface area contributed by atoms with Crippen LogP contribution in [0.1, 0.15) is 30.5 Å². The van der Waals surface area contributed by atoms with E-state index in [4.69, 9.17) is 4.74 Å². The average Bonchev–Trinajstić information content (AvgIpc) is 2.48. The maximum atomic E-state index is 5.52. The van der Waals surface area contributed by atoms with Crippen LogP contribution in [-0.2, 0) is 0 Å². The fourth-order valence-corrected chi connectivity index (χ4v) is 2.85. The summed E-state index contributed by atoms with van der Waals surface area (Å²) in [6.45, 7) is 3.16. The van der Waals surface area contributed by atoms with Gasteiger partial charge in [0.1, 0.15) is 5.75 Å². The van der Waals surface area contributed by atoms with Crippen molar-refractivity contribution in [1.29, 1.82) is 0 Å². The number of rotatable bonds is 6. The molecule has 0 fully saturated rings. The van der Waals surface area contributed by atoms with Crippen molar-refractivity contribution < 1.29 is 4.74 Å². The van der Waals surface area contributed by atoms with E-state index in [1.807, 2.05) is 12.1 Å². The standard InChI is InChI=1S/C17H20INO/c1-3-11-19-17(13-7-6-8-14(18)12-13)15-9-4-5-10-16(15)20-2/h4-10,12,17,19H,3,11H2,1-2H3. The number of nitrogens with one attached hydrogen (secondary N) is 1. The average molecular weight is 381 g/mol. The third-order valence-corrected chi connectivity index (χ3v) is 3.90. The summed E-state index contributed by atoms with van der Waals surface area (Å²) in [6.07, 6.45) is 1.11. The molecule has 0 aromatic heterocycles. The van der Waals surface area contributed by atoms with Crippen LogP contribution in [0.3, 0.4) is 0 Å². The number of hydrogen-bond acceptors (Lipinski definition) is 2. The number of para-hydroxylation sites is 1. The van der Waals surface area contributed by atoms with E-state index >= 15 is 0 Å². The smallest absolute Gasteiger partial charge is 0.123 e. The predicted molar refractivity (Wildman–Crippen MR) is 92.3 cm³/mol. The van der Waals surface area contributed by atoms with E-state index in [1.165, 1.54) is 14.7 Å². The molecule has 0 radical (unpaired) electrons. The Kier molecular flexibility index (Phi) is 5.86. The molecule has 20 heavy (non-hydrogen) atoms. The van der Waals surface area contributed by atoms with Crippen molar-refractivity contribution in [3.63, 3.8) is 0 Å². The Morgan fingerprint density at radius 1 is 1.15 bits per heavy atom. The lowest BCUT2D eigenvalue weighted by Crippen LogP contribution is -2.23. The van der Waals surface area contributed by atoms with E-state index in [1.54, 1.807) is 7.11 Å². The highest BCUT2D eigenvalue weighted by Crippen LogP contribution is 2.30. The molecule has 0 aliphatic rings. The second kappa shape index (κ2) is 7.64. The van der Waals surface area contributed by atoms with Gasteiger partial charge >= 0.3 is 0 Å². The van der Waals surface area contributed by atoms with E-state index in [2.05, 4.69) is 71.2 Å². The van der Waals surface area contributed by atoms with Gasteiger partial charge in [-0.1, -0.05) is 37.3 Å². The molecule has 2 aromatic rings. The summed E-state index contributed by atoms with van der Waals surface area (Å²) >= 11 is 2.35. The van der Waals surface area contributed by atoms with Gasteiger partial charge in [-0.15, -0.1) is 0 Å². The summed E-state index contributed by atoms with van der Waals surface area (Å²) in [5.74, 6) is 0.931. The van der Waals surface area contributed by atoms with Crippen LogP contribution in [0, 0.1) is 3.57 Å². The summed E-state index contributed by atoms with van der Waals surface area (Å²) in [5, 5.41) is 3.62. The van der Waals surface area contributed by atoms with Gasteiger partial charge in [-0.3, -0.25) is 0 Å². The molecule has 1 N–H and O–H groups in total. The monoisotopic (exact) mass is 381 g/mol. The third kappa shape index (κ3) is 3.73. The highest BCUT2D eigenvalue weighted by atomic mass is 127. The number of ether oxygens (including phenoxy) is 1. The summed E-state index contributed by atoms with van der Waals surface area (Å²) in [6, 6.07) is 17.0.